The largest absolute Gasteiger partial charge is 0.478 e. The Morgan fingerprint density at radius 1 is 0.960 bits per heavy atom. The number of hydrogen-bond donors (Lipinski definition) is 2. The zero-order valence-corrected chi connectivity index (χ0v) is 13.2. The van der Waals surface area contributed by atoms with Crippen LogP contribution < -0.4 is 5.32 Å². The molecule has 1 heterocycles. The molecule has 1 aromatic heterocycles. The van der Waals surface area contributed by atoms with Crippen LogP contribution in [0.2, 0.25) is 0 Å². The van der Waals surface area contributed by atoms with Crippen molar-refractivity contribution in [3.05, 3.63) is 84.1 Å². The number of rotatable bonds is 5. The van der Waals surface area contributed by atoms with Crippen LogP contribution in [0, 0.1) is 0 Å². The van der Waals surface area contributed by atoms with E-state index in [1.165, 1.54) is 18.2 Å². The zero-order chi connectivity index (χ0) is 17.6. The van der Waals surface area contributed by atoms with Crippen LogP contribution in [0.25, 0.3) is 17.4 Å². The van der Waals surface area contributed by atoms with Gasteiger partial charge in [-0.05, 0) is 36.4 Å². The van der Waals surface area contributed by atoms with Crippen molar-refractivity contribution in [2.24, 2.45) is 0 Å². The van der Waals surface area contributed by atoms with E-state index in [-0.39, 0.29) is 11.5 Å². The van der Waals surface area contributed by atoms with E-state index in [9.17, 15) is 9.59 Å². The zero-order valence-electron chi connectivity index (χ0n) is 13.2. The maximum Gasteiger partial charge on any atom is 0.335 e. The van der Waals surface area contributed by atoms with Gasteiger partial charge < -0.3 is 14.8 Å². The lowest BCUT2D eigenvalue weighted by Crippen LogP contribution is -2.08. The normalized spacial score (nSPS) is 10.7. The summed E-state index contributed by atoms with van der Waals surface area (Å²) in [6, 6.07) is 19.3. The van der Waals surface area contributed by atoms with Gasteiger partial charge in [0.05, 0.1) is 5.56 Å². The number of nitrogens with one attached hydrogen (secondary N) is 1. The summed E-state index contributed by atoms with van der Waals surface area (Å²) in [5.41, 5.74) is 1.48. The van der Waals surface area contributed by atoms with Crippen LogP contribution in [0.15, 0.2) is 77.2 Å². The number of benzene rings is 2. The summed E-state index contributed by atoms with van der Waals surface area (Å²) in [7, 11) is 0. The first kappa shape index (κ1) is 16.3. The van der Waals surface area contributed by atoms with Gasteiger partial charge in [0.2, 0.25) is 5.91 Å². The van der Waals surface area contributed by atoms with Crippen molar-refractivity contribution in [2.45, 2.75) is 0 Å². The highest BCUT2D eigenvalue weighted by Crippen LogP contribution is 2.22. The van der Waals surface area contributed by atoms with Gasteiger partial charge in [0.15, 0.2) is 0 Å². The van der Waals surface area contributed by atoms with Crippen LogP contribution in [0.3, 0.4) is 0 Å². The molecule has 0 aliphatic rings. The Morgan fingerprint density at radius 3 is 2.52 bits per heavy atom. The average molecular weight is 333 g/mol. The molecule has 124 valence electrons. The number of carbonyl (C=O) groups excluding carboxylic acids is 1. The molecule has 0 saturated carbocycles. The van der Waals surface area contributed by atoms with Gasteiger partial charge in [-0.2, -0.15) is 0 Å². The molecule has 0 aliphatic carbocycles. The molecule has 0 aliphatic heterocycles. The molecule has 0 fully saturated rings. The van der Waals surface area contributed by atoms with E-state index in [1.54, 1.807) is 24.3 Å². The molecule has 0 saturated heterocycles. The lowest BCUT2D eigenvalue weighted by atomic mass is 10.2. The molecule has 5 nitrogen and oxygen atoms in total. The summed E-state index contributed by atoms with van der Waals surface area (Å²) in [5.74, 6) is -0.154. The number of anilines is 1. The Labute approximate surface area is 144 Å². The van der Waals surface area contributed by atoms with Crippen LogP contribution in [0.5, 0.6) is 0 Å². The molecule has 2 aromatic carbocycles. The predicted octanol–water partition coefficient (Wildman–Crippen LogP) is 4.30. The highest BCUT2D eigenvalue weighted by molar-refractivity contribution is 6.02. The fraction of sp³-hybridized carbons (Fsp3) is 0. The lowest BCUT2D eigenvalue weighted by Gasteiger charge is -2.02. The van der Waals surface area contributed by atoms with Crippen molar-refractivity contribution in [2.75, 3.05) is 5.32 Å². The first-order valence-electron chi connectivity index (χ1n) is 7.59. The third-order valence-corrected chi connectivity index (χ3v) is 3.46. The van der Waals surface area contributed by atoms with Gasteiger partial charge in [0.1, 0.15) is 11.5 Å². The molecular weight excluding hydrogens is 318 g/mol. The van der Waals surface area contributed by atoms with Crippen molar-refractivity contribution in [3.63, 3.8) is 0 Å². The van der Waals surface area contributed by atoms with Crippen molar-refractivity contribution in [1.82, 2.24) is 0 Å². The van der Waals surface area contributed by atoms with Crippen LogP contribution in [-0.4, -0.2) is 17.0 Å². The van der Waals surface area contributed by atoms with Crippen molar-refractivity contribution >= 4 is 23.6 Å². The number of aromatic carboxylic acids is 1. The fourth-order valence-electron chi connectivity index (χ4n) is 2.27. The summed E-state index contributed by atoms with van der Waals surface area (Å²) in [6.45, 7) is 0. The number of carbonyl (C=O) groups is 2. The summed E-state index contributed by atoms with van der Waals surface area (Å²) in [6.07, 6.45) is 2.89. The van der Waals surface area contributed by atoms with Gasteiger partial charge >= 0.3 is 5.97 Å². The van der Waals surface area contributed by atoms with E-state index >= 15 is 0 Å². The third-order valence-electron chi connectivity index (χ3n) is 3.46. The maximum atomic E-state index is 12.0. The molecule has 0 bridgehead atoms. The van der Waals surface area contributed by atoms with Crippen LogP contribution in [0.1, 0.15) is 16.1 Å². The molecular formula is C20H15NO4. The Bertz CT molecular complexity index is 926. The Kier molecular flexibility index (Phi) is 4.76. The van der Waals surface area contributed by atoms with Gasteiger partial charge in [0.25, 0.3) is 0 Å². The Hall–Kier alpha value is -3.60. The quantitative estimate of drug-likeness (QED) is 0.682. The number of amides is 1. The third kappa shape index (κ3) is 4.23. The molecule has 0 atom stereocenters. The smallest absolute Gasteiger partial charge is 0.335 e. The van der Waals surface area contributed by atoms with Gasteiger partial charge in [-0.3, -0.25) is 4.79 Å². The molecule has 0 unspecified atom stereocenters. The maximum absolute atomic E-state index is 12.0. The number of carboxylic acids is 1. The standard InChI is InChI=1S/C20H15NO4/c22-19(21-16-8-4-7-15(13-16)20(23)24)12-10-17-9-11-18(25-17)14-5-2-1-3-6-14/h1-13H,(H,21,22)(H,23,24)/b12-10+. The monoisotopic (exact) mass is 333 g/mol. The molecule has 2 N–H and O–H groups in total. The first-order valence-corrected chi connectivity index (χ1v) is 7.59. The van der Waals surface area contributed by atoms with E-state index in [4.69, 9.17) is 9.52 Å². The SMILES string of the molecule is O=C(/C=C/c1ccc(-c2ccccc2)o1)Nc1cccc(C(=O)O)c1. The lowest BCUT2D eigenvalue weighted by molar-refractivity contribution is -0.111. The van der Waals surface area contributed by atoms with Gasteiger partial charge in [-0.25, -0.2) is 4.79 Å². The Balaban J connectivity index is 1.66. The highest BCUT2D eigenvalue weighted by atomic mass is 16.4. The van der Waals surface area contributed by atoms with E-state index in [0.29, 0.717) is 11.4 Å². The minimum Gasteiger partial charge on any atom is -0.478 e. The average Bonchev–Trinajstić information content (AvgIpc) is 3.10. The molecule has 0 radical (unpaired) electrons. The van der Waals surface area contributed by atoms with Crippen molar-refractivity contribution < 1.29 is 19.1 Å². The first-order chi connectivity index (χ1) is 12.1. The highest BCUT2D eigenvalue weighted by Gasteiger charge is 2.05. The molecule has 1 amide bonds. The van der Waals surface area contributed by atoms with Crippen molar-refractivity contribution in [3.8, 4) is 11.3 Å². The van der Waals surface area contributed by atoms with Gasteiger partial charge in [0, 0.05) is 17.3 Å². The summed E-state index contributed by atoms with van der Waals surface area (Å²) in [4.78, 5) is 22.9. The molecule has 25 heavy (non-hydrogen) atoms. The summed E-state index contributed by atoms with van der Waals surface area (Å²) in [5, 5.41) is 11.6. The second-order valence-electron chi connectivity index (χ2n) is 5.28. The minimum absolute atomic E-state index is 0.111. The van der Waals surface area contributed by atoms with E-state index < -0.39 is 5.97 Å². The summed E-state index contributed by atoms with van der Waals surface area (Å²) >= 11 is 0. The summed E-state index contributed by atoms with van der Waals surface area (Å²) < 4.78 is 5.68. The molecule has 3 aromatic rings. The minimum atomic E-state index is -1.05. The van der Waals surface area contributed by atoms with E-state index in [0.717, 1.165) is 11.3 Å². The number of carboxylic acid groups (broad SMARTS) is 1. The second kappa shape index (κ2) is 7.31. The second-order valence-corrected chi connectivity index (χ2v) is 5.28. The molecule has 5 heteroatoms. The fourth-order valence-corrected chi connectivity index (χ4v) is 2.27. The predicted molar refractivity (Wildman–Crippen MR) is 95.2 cm³/mol. The molecule has 3 rings (SSSR count). The Morgan fingerprint density at radius 2 is 1.76 bits per heavy atom. The van der Waals surface area contributed by atoms with Crippen molar-refractivity contribution in [1.29, 1.82) is 0 Å². The molecule has 0 spiro atoms. The van der Waals surface area contributed by atoms with E-state index in [2.05, 4.69) is 5.32 Å². The number of furan rings is 1. The number of hydrogen-bond acceptors (Lipinski definition) is 3. The topological polar surface area (TPSA) is 79.5 Å². The van der Waals surface area contributed by atoms with Gasteiger partial charge in [-0.15, -0.1) is 0 Å². The van der Waals surface area contributed by atoms with Crippen LogP contribution in [-0.2, 0) is 4.79 Å². The van der Waals surface area contributed by atoms with Crippen LogP contribution in [0.4, 0.5) is 5.69 Å². The van der Waals surface area contributed by atoms with Gasteiger partial charge in [-0.1, -0.05) is 36.4 Å². The van der Waals surface area contributed by atoms with E-state index in [1.807, 2.05) is 36.4 Å². The van der Waals surface area contributed by atoms with Crippen LogP contribution >= 0.6 is 0 Å².